The number of thioether (sulfide) groups is 1. The van der Waals surface area contributed by atoms with E-state index in [-0.39, 0.29) is 10.7 Å². The van der Waals surface area contributed by atoms with Crippen LogP contribution in [-0.4, -0.2) is 41.2 Å². The maximum atomic E-state index is 11.1. The molecular weight excluding hydrogens is 188 g/mol. The van der Waals surface area contributed by atoms with Crippen LogP contribution in [0.2, 0.25) is 0 Å². The van der Waals surface area contributed by atoms with E-state index in [4.69, 9.17) is 4.74 Å². The summed E-state index contributed by atoms with van der Waals surface area (Å²) in [6.07, 6.45) is 2.54. The Hall–Kier alpha value is -0.0600. The average Bonchev–Trinajstić information content (AvgIpc) is 2.73. The summed E-state index contributed by atoms with van der Waals surface area (Å²) >= 11 is 1.68. The van der Waals surface area contributed by atoms with Gasteiger partial charge in [-0.15, -0.1) is 11.8 Å². The van der Waals surface area contributed by atoms with Crippen molar-refractivity contribution in [3.63, 3.8) is 0 Å². The highest BCUT2D eigenvalue weighted by atomic mass is 32.2. The molecule has 1 N–H and O–H groups in total. The largest absolute Gasteiger partial charge is 0.390 e. The van der Waals surface area contributed by atoms with E-state index < -0.39 is 6.10 Å². The van der Waals surface area contributed by atoms with Crippen LogP contribution >= 0.6 is 11.8 Å². The summed E-state index contributed by atoms with van der Waals surface area (Å²) in [4.78, 5) is 11.1. The van der Waals surface area contributed by atoms with E-state index in [0.29, 0.717) is 13.2 Å². The minimum Gasteiger partial charge on any atom is -0.390 e. The van der Waals surface area contributed by atoms with Gasteiger partial charge in [0.25, 0.3) is 0 Å². The first-order valence-corrected chi connectivity index (χ1v) is 5.63. The Balaban J connectivity index is 2.15. The van der Waals surface area contributed by atoms with Gasteiger partial charge in [0.05, 0.1) is 24.1 Å². The molecule has 3 nitrogen and oxygen atoms in total. The Morgan fingerprint density at radius 3 is 2.85 bits per heavy atom. The molecule has 2 aliphatic rings. The summed E-state index contributed by atoms with van der Waals surface area (Å²) in [6.45, 7) is 0.924. The summed E-state index contributed by atoms with van der Waals surface area (Å²) in [6, 6.07) is 0. The van der Waals surface area contributed by atoms with Gasteiger partial charge in [0.1, 0.15) is 6.29 Å². The van der Waals surface area contributed by atoms with Crippen LogP contribution in [-0.2, 0) is 9.53 Å². The topological polar surface area (TPSA) is 46.5 Å². The highest BCUT2D eigenvalue weighted by molar-refractivity contribution is 8.01. The fraction of sp³-hybridized carbons (Fsp3) is 0.889. The summed E-state index contributed by atoms with van der Waals surface area (Å²) < 4.78 is 4.84. The maximum absolute atomic E-state index is 11.1. The van der Waals surface area contributed by atoms with Gasteiger partial charge in [-0.3, -0.25) is 0 Å². The minimum atomic E-state index is -0.448. The van der Waals surface area contributed by atoms with E-state index in [1.807, 2.05) is 0 Å². The molecule has 0 aromatic carbocycles. The Labute approximate surface area is 81.8 Å². The summed E-state index contributed by atoms with van der Waals surface area (Å²) in [7, 11) is 0. The number of hydrogen-bond acceptors (Lipinski definition) is 4. The van der Waals surface area contributed by atoms with Crippen molar-refractivity contribution >= 4 is 18.0 Å². The summed E-state index contributed by atoms with van der Waals surface area (Å²) in [5.41, 5.74) is 0. The number of hydrogen-bond donors (Lipinski definition) is 1. The molecule has 2 heterocycles. The lowest BCUT2D eigenvalue weighted by atomic mass is 9.87. The third-order valence-electron chi connectivity index (χ3n) is 2.96. The number of aliphatic hydroxyl groups excluding tert-OH is 1. The zero-order chi connectivity index (χ0) is 9.31. The standard InChI is InChI=1S/C9H14O3S/c10-6-9(2-1-3-13-9)7-4-12-5-8(7)11/h6-8,11H,1-5H2. The first-order valence-electron chi connectivity index (χ1n) is 4.64. The molecule has 0 amide bonds. The van der Waals surface area contributed by atoms with E-state index in [0.717, 1.165) is 24.9 Å². The van der Waals surface area contributed by atoms with Crippen molar-refractivity contribution in [3.05, 3.63) is 0 Å². The molecule has 2 saturated heterocycles. The molecule has 3 atom stereocenters. The van der Waals surface area contributed by atoms with Gasteiger partial charge < -0.3 is 14.6 Å². The molecule has 2 fully saturated rings. The van der Waals surface area contributed by atoms with Gasteiger partial charge in [0, 0.05) is 5.92 Å². The molecule has 0 aliphatic carbocycles. The summed E-state index contributed by atoms with van der Waals surface area (Å²) in [5, 5.41) is 9.65. The zero-order valence-corrected chi connectivity index (χ0v) is 8.26. The number of rotatable bonds is 2. The van der Waals surface area contributed by atoms with Crippen LogP contribution in [0.1, 0.15) is 12.8 Å². The number of ether oxygens (including phenoxy) is 1. The lowest BCUT2D eigenvalue weighted by Crippen LogP contribution is -2.40. The predicted molar refractivity (Wildman–Crippen MR) is 50.8 cm³/mol. The minimum absolute atomic E-state index is 0.0116. The fourth-order valence-electron chi connectivity index (χ4n) is 2.17. The van der Waals surface area contributed by atoms with Gasteiger partial charge in [0.2, 0.25) is 0 Å². The van der Waals surface area contributed by atoms with Crippen LogP contribution in [0.15, 0.2) is 0 Å². The smallest absolute Gasteiger partial charge is 0.136 e. The van der Waals surface area contributed by atoms with Gasteiger partial charge in [-0.1, -0.05) is 0 Å². The van der Waals surface area contributed by atoms with Gasteiger partial charge in [-0.2, -0.15) is 0 Å². The van der Waals surface area contributed by atoms with Crippen molar-refractivity contribution in [2.24, 2.45) is 5.92 Å². The third-order valence-corrected chi connectivity index (χ3v) is 4.59. The van der Waals surface area contributed by atoms with Gasteiger partial charge in [-0.05, 0) is 18.6 Å². The summed E-state index contributed by atoms with van der Waals surface area (Å²) in [5.74, 6) is 1.04. The molecule has 0 spiro atoms. The number of carbonyl (C=O) groups is 1. The van der Waals surface area contributed by atoms with Crippen molar-refractivity contribution in [2.45, 2.75) is 23.7 Å². The molecule has 0 bridgehead atoms. The van der Waals surface area contributed by atoms with Crippen LogP contribution in [0.4, 0.5) is 0 Å². The van der Waals surface area contributed by atoms with Crippen molar-refractivity contribution in [1.29, 1.82) is 0 Å². The van der Waals surface area contributed by atoms with Gasteiger partial charge in [-0.25, -0.2) is 0 Å². The molecule has 13 heavy (non-hydrogen) atoms. The van der Waals surface area contributed by atoms with Crippen molar-refractivity contribution in [3.8, 4) is 0 Å². The molecule has 0 aromatic heterocycles. The number of aldehydes is 1. The van der Waals surface area contributed by atoms with Crippen LogP contribution in [0.25, 0.3) is 0 Å². The Bertz CT molecular complexity index is 201. The molecule has 2 rings (SSSR count). The number of carbonyl (C=O) groups excluding carboxylic acids is 1. The van der Waals surface area contributed by atoms with Crippen LogP contribution in [0, 0.1) is 5.92 Å². The molecule has 0 aromatic rings. The van der Waals surface area contributed by atoms with E-state index in [9.17, 15) is 9.90 Å². The van der Waals surface area contributed by atoms with Crippen molar-refractivity contribution < 1.29 is 14.6 Å². The van der Waals surface area contributed by atoms with E-state index in [2.05, 4.69) is 0 Å². The Morgan fingerprint density at radius 1 is 1.54 bits per heavy atom. The fourth-order valence-corrected chi connectivity index (χ4v) is 3.63. The second kappa shape index (κ2) is 3.59. The average molecular weight is 202 g/mol. The molecule has 4 heteroatoms. The first-order chi connectivity index (χ1) is 6.28. The SMILES string of the molecule is O=CC1(C2COCC2O)CCCS1. The second-order valence-corrected chi connectivity index (χ2v) is 5.19. The quantitative estimate of drug-likeness (QED) is 0.661. The molecule has 0 radical (unpaired) electrons. The lowest BCUT2D eigenvalue weighted by Gasteiger charge is -2.29. The van der Waals surface area contributed by atoms with E-state index in [1.165, 1.54) is 0 Å². The van der Waals surface area contributed by atoms with E-state index >= 15 is 0 Å². The van der Waals surface area contributed by atoms with Crippen molar-refractivity contribution in [2.75, 3.05) is 19.0 Å². The Morgan fingerprint density at radius 2 is 2.38 bits per heavy atom. The molecular formula is C9H14O3S. The molecule has 2 aliphatic heterocycles. The number of aliphatic hydroxyl groups is 1. The maximum Gasteiger partial charge on any atom is 0.136 e. The normalized spacial score (nSPS) is 45.3. The third kappa shape index (κ3) is 1.51. The second-order valence-electron chi connectivity index (χ2n) is 3.74. The monoisotopic (exact) mass is 202 g/mol. The highest BCUT2D eigenvalue weighted by Gasteiger charge is 2.47. The molecule has 3 unspecified atom stereocenters. The van der Waals surface area contributed by atoms with Crippen LogP contribution in [0.3, 0.4) is 0 Å². The van der Waals surface area contributed by atoms with Gasteiger partial charge in [0.15, 0.2) is 0 Å². The zero-order valence-electron chi connectivity index (χ0n) is 7.44. The van der Waals surface area contributed by atoms with E-state index in [1.54, 1.807) is 11.8 Å². The lowest BCUT2D eigenvalue weighted by molar-refractivity contribution is -0.111. The van der Waals surface area contributed by atoms with Crippen LogP contribution < -0.4 is 0 Å². The molecule has 0 saturated carbocycles. The first kappa shape index (κ1) is 9.49. The van der Waals surface area contributed by atoms with Gasteiger partial charge >= 0.3 is 0 Å². The van der Waals surface area contributed by atoms with Crippen molar-refractivity contribution in [1.82, 2.24) is 0 Å². The molecule has 74 valence electrons. The Kier molecular flexibility index (Phi) is 2.62. The van der Waals surface area contributed by atoms with Crippen LogP contribution in [0.5, 0.6) is 0 Å². The highest BCUT2D eigenvalue weighted by Crippen LogP contribution is 2.45. The predicted octanol–water partition coefficient (Wildman–Crippen LogP) is 0.458.